The van der Waals surface area contributed by atoms with Gasteiger partial charge in [-0.25, -0.2) is 4.98 Å². The highest BCUT2D eigenvalue weighted by Gasteiger charge is 2.24. The van der Waals surface area contributed by atoms with Crippen molar-refractivity contribution in [3.05, 3.63) is 82.4 Å². The maximum atomic E-state index is 12.7. The van der Waals surface area contributed by atoms with E-state index in [-0.39, 0.29) is 17.2 Å². The standard InChI is InChI=1S/C24H20N4O3S/c29-23(17-9-12-20(21(15-17)28(30)31)27-13-3-4-14-27)25-18-10-7-16(8-11-18)24-26-19-5-1-2-6-22(19)32-24/h1-2,5-12,15H,3-4,13-14H2,(H,25,29). The van der Waals surface area contributed by atoms with Crippen LogP contribution in [0.2, 0.25) is 0 Å². The Kier molecular flexibility index (Phi) is 5.28. The minimum atomic E-state index is -0.419. The summed E-state index contributed by atoms with van der Waals surface area (Å²) in [7, 11) is 0. The first kappa shape index (κ1) is 20.1. The predicted octanol–water partition coefficient (Wildman–Crippen LogP) is 5.72. The first-order chi connectivity index (χ1) is 15.6. The van der Waals surface area contributed by atoms with E-state index < -0.39 is 4.92 Å². The molecular weight excluding hydrogens is 424 g/mol. The van der Waals surface area contributed by atoms with E-state index in [2.05, 4.69) is 10.3 Å². The molecule has 0 atom stereocenters. The van der Waals surface area contributed by atoms with Crippen LogP contribution in [-0.4, -0.2) is 28.9 Å². The number of aromatic nitrogens is 1. The average Bonchev–Trinajstić information content (AvgIpc) is 3.49. The molecule has 8 heteroatoms. The number of nitro benzene ring substituents is 1. The Labute approximate surface area is 188 Å². The number of nitrogens with zero attached hydrogens (tertiary/aromatic N) is 3. The first-order valence-electron chi connectivity index (χ1n) is 10.4. The molecule has 1 fully saturated rings. The Morgan fingerprint density at radius 1 is 1.03 bits per heavy atom. The largest absolute Gasteiger partial charge is 0.366 e. The molecular formula is C24H20N4O3S. The molecule has 1 aromatic heterocycles. The Morgan fingerprint density at radius 3 is 2.50 bits per heavy atom. The number of fused-ring (bicyclic) bond motifs is 1. The molecule has 0 unspecified atom stereocenters. The summed E-state index contributed by atoms with van der Waals surface area (Å²) in [5.74, 6) is -0.381. The first-order valence-corrected chi connectivity index (χ1v) is 11.2. The fourth-order valence-electron chi connectivity index (χ4n) is 3.93. The van der Waals surface area contributed by atoms with E-state index in [1.807, 2.05) is 53.4 Å². The smallest absolute Gasteiger partial charge is 0.293 e. The zero-order chi connectivity index (χ0) is 22.1. The number of nitrogens with one attached hydrogen (secondary N) is 1. The number of amides is 1. The highest BCUT2D eigenvalue weighted by atomic mass is 32.1. The molecule has 4 aromatic rings. The fraction of sp³-hybridized carbons (Fsp3) is 0.167. The van der Waals surface area contributed by atoms with Crippen LogP contribution in [0.5, 0.6) is 0 Å². The number of hydrogen-bond donors (Lipinski definition) is 1. The van der Waals surface area contributed by atoms with Gasteiger partial charge in [0.1, 0.15) is 10.7 Å². The number of hydrogen-bond acceptors (Lipinski definition) is 6. The number of anilines is 2. The zero-order valence-electron chi connectivity index (χ0n) is 17.2. The van der Waals surface area contributed by atoms with Gasteiger partial charge in [0.15, 0.2) is 0 Å². The zero-order valence-corrected chi connectivity index (χ0v) is 18.0. The van der Waals surface area contributed by atoms with E-state index in [1.165, 1.54) is 6.07 Å². The maximum Gasteiger partial charge on any atom is 0.293 e. The molecule has 5 rings (SSSR count). The molecule has 1 amide bonds. The van der Waals surface area contributed by atoms with Gasteiger partial charge in [0, 0.05) is 36.0 Å². The van der Waals surface area contributed by atoms with Crippen LogP contribution in [0.1, 0.15) is 23.2 Å². The van der Waals surface area contributed by atoms with Crippen molar-refractivity contribution in [2.75, 3.05) is 23.3 Å². The Morgan fingerprint density at radius 2 is 1.78 bits per heavy atom. The second-order valence-electron chi connectivity index (χ2n) is 7.67. The van der Waals surface area contributed by atoms with Crippen LogP contribution in [0.3, 0.4) is 0 Å². The van der Waals surface area contributed by atoms with E-state index in [4.69, 9.17) is 0 Å². The van der Waals surface area contributed by atoms with Crippen LogP contribution in [0.4, 0.5) is 17.1 Å². The van der Waals surface area contributed by atoms with E-state index in [0.717, 1.165) is 46.7 Å². The molecule has 3 aromatic carbocycles. The summed E-state index contributed by atoms with van der Waals surface area (Å²) in [5.41, 5.74) is 3.34. The lowest BCUT2D eigenvalue weighted by Crippen LogP contribution is -2.19. The normalized spacial score (nSPS) is 13.4. The lowest BCUT2D eigenvalue weighted by molar-refractivity contribution is -0.384. The summed E-state index contributed by atoms with van der Waals surface area (Å²) >= 11 is 1.62. The lowest BCUT2D eigenvalue weighted by atomic mass is 10.1. The van der Waals surface area contributed by atoms with Gasteiger partial charge < -0.3 is 10.2 Å². The Bertz CT molecular complexity index is 1280. The Balaban J connectivity index is 1.34. The second-order valence-corrected chi connectivity index (χ2v) is 8.70. The molecule has 0 saturated carbocycles. The van der Waals surface area contributed by atoms with Gasteiger partial charge in [0.2, 0.25) is 0 Å². The quantitative estimate of drug-likeness (QED) is 0.314. The van der Waals surface area contributed by atoms with E-state index in [1.54, 1.807) is 23.5 Å². The third-order valence-corrected chi connectivity index (χ3v) is 6.65. The molecule has 32 heavy (non-hydrogen) atoms. The predicted molar refractivity (Wildman–Crippen MR) is 128 cm³/mol. The second kappa shape index (κ2) is 8.39. The van der Waals surface area contributed by atoms with Gasteiger partial charge >= 0.3 is 0 Å². The van der Waals surface area contributed by atoms with Crippen molar-refractivity contribution in [3.63, 3.8) is 0 Å². The topological polar surface area (TPSA) is 88.4 Å². The summed E-state index contributed by atoms with van der Waals surface area (Å²) in [6.07, 6.45) is 2.04. The molecule has 160 valence electrons. The molecule has 7 nitrogen and oxygen atoms in total. The summed E-state index contributed by atoms with van der Waals surface area (Å²) in [6.45, 7) is 1.60. The molecule has 1 saturated heterocycles. The van der Waals surface area contributed by atoms with Crippen LogP contribution in [0.25, 0.3) is 20.8 Å². The van der Waals surface area contributed by atoms with Crippen LogP contribution in [0, 0.1) is 10.1 Å². The minimum Gasteiger partial charge on any atom is -0.366 e. The number of carbonyl (C=O) groups is 1. The van der Waals surface area contributed by atoms with Crippen molar-refractivity contribution in [1.82, 2.24) is 4.98 Å². The monoisotopic (exact) mass is 444 g/mol. The molecule has 2 heterocycles. The SMILES string of the molecule is O=C(Nc1ccc(-c2nc3ccccc3s2)cc1)c1ccc(N2CCCC2)c([N+](=O)[O-])c1. The number of benzene rings is 3. The molecule has 1 aliphatic heterocycles. The third kappa shape index (κ3) is 3.92. The molecule has 0 radical (unpaired) electrons. The van der Waals surface area contributed by atoms with Crippen molar-refractivity contribution < 1.29 is 9.72 Å². The van der Waals surface area contributed by atoms with Gasteiger partial charge in [-0.3, -0.25) is 14.9 Å². The van der Waals surface area contributed by atoms with Gasteiger partial charge in [-0.2, -0.15) is 0 Å². The van der Waals surface area contributed by atoms with E-state index >= 15 is 0 Å². The number of carbonyl (C=O) groups excluding carboxylic acids is 1. The number of thiazole rings is 1. The average molecular weight is 445 g/mol. The highest BCUT2D eigenvalue weighted by molar-refractivity contribution is 7.21. The van der Waals surface area contributed by atoms with Crippen LogP contribution < -0.4 is 10.2 Å². The minimum absolute atomic E-state index is 0.0364. The molecule has 0 aliphatic carbocycles. The summed E-state index contributed by atoms with van der Waals surface area (Å²) in [6, 6.07) is 20.1. The maximum absolute atomic E-state index is 12.7. The molecule has 1 N–H and O–H groups in total. The number of para-hydroxylation sites is 1. The molecule has 0 spiro atoms. The van der Waals surface area contributed by atoms with Crippen molar-refractivity contribution in [1.29, 1.82) is 0 Å². The number of rotatable bonds is 5. The van der Waals surface area contributed by atoms with Gasteiger partial charge in [0.05, 0.1) is 15.1 Å². The van der Waals surface area contributed by atoms with Crippen molar-refractivity contribution >= 4 is 44.5 Å². The van der Waals surface area contributed by atoms with Crippen molar-refractivity contribution in [2.45, 2.75) is 12.8 Å². The summed E-state index contributed by atoms with van der Waals surface area (Å²) in [5, 5.41) is 15.3. The van der Waals surface area contributed by atoms with Crippen LogP contribution in [0.15, 0.2) is 66.7 Å². The van der Waals surface area contributed by atoms with Gasteiger partial charge in [-0.15, -0.1) is 11.3 Å². The van der Waals surface area contributed by atoms with Crippen LogP contribution in [-0.2, 0) is 0 Å². The van der Waals surface area contributed by atoms with Gasteiger partial charge in [-0.1, -0.05) is 12.1 Å². The van der Waals surface area contributed by atoms with Crippen molar-refractivity contribution in [3.8, 4) is 10.6 Å². The highest BCUT2D eigenvalue weighted by Crippen LogP contribution is 2.33. The van der Waals surface area contributed by atoms with Gasteiger partial charge in [0.25, 0.3) is 11.6 Å². The Hall–Kier alpha value is -3.78. The molecule has 0 bridgehead atoms. The summed E-state index contributed by atoms with van der Waals surface area (Å²) < 4.78 is 1.12. The number of nitro groups is 1. The van der Waals surface area contributed by atoms with E-state index in [9.17, 15) is 14.9 Å². The van der Waals surface area contributed by atoms with Crippen molar-refractivity contribution in [2.24, 2.45) is 0 Å². The lowest BCUT2D eigenvalue weighted by Gasteiger charge is -2.17. The summed E-state index contributed by atoms with van der Waals surface area (Å²) in [4.78, 5) is 30.6. The molecule has 1 aliphatic rings. The fourth-order valence-corrected chi connectivity index (χ4v) is 4.90. The van der Waals surface area contributed by atoms with Gasteiger partial charge in [-0.05, 0) is 61.4 Å². The van der Waals surface area contributed by atoms with Crippen LogP contribution >= 0.6 is 11.3 Å². The third-order valence-electron chi connectivity index (χ3n) is 5.56. The van der Waals surface area contributed by atoms with E-state index in [0.29, 0.717) is 11.4 Å².